The average Bonchev–Trinajstić information content (AvgIpc) is 3.40. The molecule has 154 valence electrons. The second-order valence-corrected chi connectivity index (χ2v) is 8.49. The van der Waals surface area contributed by atoms with Crippen LogP contribution < -0.4 is 10.1 Å². The van der Waals surface area contributed by atoms with Gasteiger partial charge in [-0.25, -0.2) is 0 Å². The van der Waals surface area contributed by atoms with Crippen molar-refractivity contribution in [3.63, 3.8) is 0 Å². The number of fused-ring (bicyclic) bond motifs is 2. The lowest BCUT2D eigenvalue weighted by Gasteiger charge is -2.11. The predicted molar refractivity (Wildman–Crippen MR) is 123 cm³/mol. The second kappa shape index (κ2) is 7.92. The van der Waals surface area contributed by atoms with Gasteiger partial charge in [0.05, 0.1) is 22.4 Å². The third-order valence-electron chi connectivity index (χ3n) is 5.64. The van der Waals surface area contributed by atoms with Crippen LogP contribution in [0.15, 0.2) is 66.1 Å². The third-order valence-corrected chi connectivity index (χ3v) is 6.78. The van der Waals surface area contributed by atoms with E-state index in [-0.39, 0.29) is 11.8 Å². The number of aromatic nitrogens is 1. The van der Waals surface area contributed by atoms with E-state index in [2.05, 4.69) is 15.5 Å². The molecular weight excluding hydrogens is 410 g/mol. The van der Waals surface area contributed by atoms with Gasteiger partial charge in [-0.05, 0) is 66.4 Å². The minimum Gasteiger partial charge on any atom is -0.497 e. The summed E-state index contributed by atoms with van der Waals surface area (Å²) < 4.78 is 6.14. The van der Waals surface area contributed by atoms with Gasteiger partial charge in [0.15, 0.2) is 0 Å². The molecule has 6 nitrogen and oxygen atoms in total. The lowest BCUT2D eigenvalue weighted by molar-refractivity contribution is 0.104. The van der Waals surface area contributed by atoms with Gasteiger partial charge in [0, 0.05) is 29.0 Å². The Balaban J connectivity index is 1.55. The van der Waals surface area contributed by atoms with Gasteiger partial charge in [0.2, 0.25) is 5.78 Å². The van der Waals surface area contributed by atoms with Crippen LogP contribution in [0.5, 0.6) is 5.75 Å². The smallest absolute Gasteiger partial charge is 0.205 e. The van der Waals surface area contributed by atoms with Gasteiger partial charge in [-0.3, -0.25) is 9.78 Å². The molecule has 1 atom stereocenters. The number of ether oxygens (including phenoxy) is 1. The van der Waals surface area contributed by atoms with Crippen molar-refractivity contribution in [2.75, 3.05) is 12.4 Å². The molecule has 1 unspecified atom stereocenters. The first kappa shape index (κ1) is 19.4. The highest BCUT2D eigenvalue weighted by molar-refractivity contribution is 7.21. The highest BCUT2D eigenvalue weighted by Crippen LogP contribution is 2.40. The maximum absolute atomic E-state index is 13.4. The lowest BCUT2D eigenvalue weighted by atomic mass is 10.1. The Kier molecular flexibility index (Phi) is 4.95. The number of nitrogens with one attached hydrogen (secondary N) is 1. The number of benzene rings is 2. The van der Waals surface area contributed by atoms with Crippen LogP contribution in [0.2, 0.25) is 0 Å². The van der Waals surface area contributed by atoms with E-state index >= 15 is 0 Å². The summed E-state index contributed by atoms with van der Waals surface area (Å²) in [6.45, 7) is 0. The molecule has 4 aromatic rings. The Labute approximate surface area is 182 Å². The summed E-state index contributed by atoms with van der Waals surface area (Å²) in [5.41, 5.74) is 4.36. The Hall–Kier alpha value is -3.58. The minimum atomic E-state index is -0.260. The first-order chi connectivity index (χ1) is 15.2. The number of ketones is 1. The van der Waals surface area contributed by atoms with Crippen molar-refractivity contribution in [3.8, 4) is 5.75 Å². The second-order valence-electron chi connectivity index (χ2n) is 7.43. The number of nitrogens with zero attached hydrogens (tertiary/aromatic N) is 2. The number of anilines is 2. The fourth-order valence-electron chi connectivity index (χ4n) is 4.04. The Morgan fingerprint density at radius 3 is 2.81 bits per heavy atom. The molecule has 1 aliphatic rings. The molecule has 5 rings (SSSR count). The minimum absolute atomic E-state index is 0.0577. The van der Waals surface area contributed by atoms with E-state index in [0.29, 0.717) is 16.2 Å². The molecule has 0 radical (unpaired) electrons. The fraction of sp³-hybridized carbons (Fsp3) is 0.167. The van der Waals surface area contributed by atoms with E-state index in [0.717, 1.165) is 45.4 Å². The number of rotatable bonds is 6. The van der Waals surface area contributed by atoms with Gasteiger partial charge < -0.3 is 10.1 Å². The van der Waals surface area contributed by atoms with Crippen LogP contribution >= 0.6 is 11.3 Å². The Bertz CT molecular complexity index is 1300. The van der Waals surface area contributed by atoms with Gasteiger partial charge >= 0.3 is 0 Å². The normalized spacial score (nSPS) is 14.9. The van der Waals surface area contributed by atoms with Crippen LogP contribution in [-0.2, 0) is 6.42 Å². The number of thiophene rings is 1. The Morgan fingerprint density at radius 2 is 2.03 bits per heavy atom. The number of methoxy groups -OCH3 is 1. The largest absolute Gasteiger partial charge is 0.497 e. The quantitative estimate of drug-likeness (QED) is 0.299. The number of carbonyl (C=O) groups is 1. The van der Waals surface area contributed by atoms with Crippen molar-refractivity contribution in [2.45, 2.75) is 18.9 Å². The molecule has 2 heterocycles. The maximum Gasteiger partial charge on any atom is 0.205 e. The summed E-state index contributed by atoms with van der Waals surface area (Å²) in [6, 6.07) is 14.7. The van der Waals surface area contributed by atoms with Crippen molar-refractivity contribution >= 4 is 38.6 Å². The molecule has 0 fully saturated rings. The number of nitroso groups, excluding NO2 is 1. The van der Waals surface area contributed by atoms with Gasteiger partial charge in [-0.2, -0.15) is 4.91 Å². The zero-order valence-electron chi connectivity index (χ0n) is 16.8. The van der Waals surface area contributed by atoms with Crippen molar-refractivity contribution < 1.29 is 9.53 Å². The van der Waals surface area contributed by atoms with Gasteiger partial charge in [-0.1, -0.05) is 11.2 Å². The zero-order valence-corrected chi connectivity index (χ0v) is 17.6. The number of carbonyl (C=O) groups excluding carboxylic acids is 1. The van der Waals surface area contributed by atoms with Crippen LogP contribution in [0.1, 0.15) is 38.8 Å². The molecule has 0 aliphatic heterocycles. The number of hydrogen-bond acceptors (Lipinski definition) is 7. The van der Waals surface area contributed by atoms with Gasteiger partial charge in [0.1, 0.15) is 11.8 Å². The van der Waals surface area contributed by atoms with Crippen LogP contribution in [0.25, 0.3) is 10.1 Å². The Morgan fingerprint density at radius 1 is 1.19 bits per heavy atom. The van der Waals surface area contributed by atoms with Crippen LogP contribution in [0, 0.1) is 4.91 Å². The number of hydrogen-bond donors (Lipinski definition) is 1. The molecular formula is C24H19N3O3S. The van der Waals surface area contributed by atoms with E-state index in [1.165, 1.54) is 11.3 Å². The van der Waals surface area contributed by atoms with Crippen LogP contribution in [-0.4, -0.2) is 17.9 Å². The topological polar surface area (TPSA) is 80.7 Å². The maximum atomic E-state index is 13.4. The summed E-state index contributed by atoms with van der Waals surface area (Å²) >= 11 is 1.42. The monoisotopic (exact) mass is 429 g/mol. The highest BCUT2D eigenvalue weighted by Gasteiger charge is 2.24. The fourth-order valence-corrected chi connectivity index (χ4v) is 5.12. The van der Waals surface area contributed by atoms with E-state index in [1.54, 1.807) is 43.8 Å². The summed E-state index contributed by atoms with van der Waals surface area (Å²) in [5, 5.41) is 7.64. The standard InChI is InChI=1S/C24H19N3O3S/c1-30-17-6-2-14(3-7-17)23(28)24-22(19-10-11-25-13-21(19)31-24)26-16-5-8-18-15(12-16)4-9-20(18)27-29/h2-3,5-8,10-13,20,26H,4,9H2,1H3. The predicted octanol–water partition coefficient (Wildman–Crippen LogP) is 6.03. The van der Waals surface area contributed by atoms with Crippen molar-refractivity contribution in [3.05, 3.63) is 87.4 Å². The van der Waals surface area contributed by atoms with Crippen molar-refractivity contribution in [1.82, 2.24) is 4.98 Å². The summed E-state index contributed by atoms with van der Waals surface area (Å²) in [7, 11) is 1.60. The van der Waals surface area contributed by atoms with Gasteiger partial charge in [0.25, 0.3) is 0 Å². The molecule has 0 spiro atoms. The van der Waals surface area contributed by atoms with E-state index in [4.69, 9.17) is 4.74 Å². The first-order valence-electron chi connectivity index (χ1n) is 9.95. The molecule has 1 N–H and O–H groups in total. The SMILES string of the molecule is COc1ccc(C(=O)c2sc3cnccc3c2Nc2ccc3c(c2)CCC3N=O)cc1. The molecule has 1 aliphatic carbocycles. The highest BCUT2D eigenvalue weighted by atomic mass is 32.1. The lowest BCUT2D eigenvalue weighted by Crippen LogP contribution is -2.03. The van der Waals surface area contributed by atoms with Crippen molar-refractivity contribution in [2.24, 2.45) is 5.18 Å². The summed E-state index contributed by atoms with van der Waals surface area (Å²) in [6.07, 6.45) is 5.08. The van der Waals surface area contributed by atoms with Crippen LogP contribution in [0.3, 0.4) is 0 Å². The molecule has 31 heavy (non-hydrogen) atoms. The molecule has 0 amide bonds. The summed E-state index contributed by atoms with van der Waals surface area (Å²) in [4.78, 5) is 29.2. The average molecular weight is 430 g/mol. The number of aryl methyl sites for hydroxylation is 1. The molecule has 0 bridgehead atoms. The van der Waals surface area contributed by atoms with Crippen molar-refractivity contribution in [1.29, 1.82) is 0 Å². The third kappa shape index (κ3) is 3.47. The molecule has 0 saturated heterocycles. The number of pyridine rings is 1. The van der Waals surface area contributed by atoms with E-state index in [1.807, 2.05) is 24.3 Å². The summed E-state index contributed by atoms with van der Waals surface area (Å²) in [5.74, 6) is 0.648. The van der Waals surface area contributed by atoms with E-state index < -0.39 is 0 Å². The molecule has 0 saturated carbocycles. The van der Waals surface area contributed by atoms with Gasteiger partial charge in [-0.15, -0.1) is 11.3 Å². The van der Waals surface area contributed by atoms with E-state index in [9.17, 15) is 9.70 Å². The van der Waals surface area contributed by atoms with Crippen LogP contribution in [0.4, 0.5) is 11.4 Å². The molecule has 7 heteroatoms. The first-order valence-corrected chi connectivity index (χ1v) is 10.8. The zero-order chi connectivity index (χ0) is 21.4. The molecule has 2 aromatic carbocycles. The molecule has 2 aromatic heterocycles.